The van der Waals surface area contributed by atoms with Gasteiger partial charge in [0.2, 0.25) is 5.91 Å². The second-order valence-corrected chi connectivity index (χ2v) is 9.79. The molecule has 1 aromatic heterocycles. The molecule has 164 valence electrons. The number of imide groups is 1. The number of urea groups is 1. The highest BCUT2D eigenvalue weighted by atomic mass is 32.1. The fourth-order valence-corrected chi connectivity index (χ4v) is 5.48. The molecule has 1 saturated heterocycles. The van der Waals surface area contributed by atoms with E-state index in [0.717, 1.165) is 22.7 Å². The number of carbonyl (C=O) groups is 4. The van der Waals surface area contributed by atoms with Crippen molar-refractivity contribution in [2.45, 2.75) is 58.9 Å². The van der Waals surface area contributed by atoms with E-state index in [9.17, 15) is 19.2 Å². The molecule has 2 heterocycles. The number of nitrogens with one attached hydrogen (secondary N) is 2. The molecule has 0 radical (unpaired) electrons. The van der Waals surface area contributed by atoms with Gasteiger partial charge in [0.05, 0.1) is 18.7 Å². The van der Waals surface area contributed by atoms with Gasteiger partial charge in [-0.2, -0.15) is 0 Å². The molecular weight excluding hydrogens is 408 g/mol. The van der Waals surface area contributed by atoms with Crippen LogP contribution < -0.4 is 10.6 Å². The molecule has 3 rings (SSSR count). The minimum atomic E-state index is -0.938. The van der Waals surface area contributed by atoms with E-state index in [2.05, 4.69) is 36.4 Å². The highest BCUT2D eigenvalue weighted by Gasteiger charge is 2.56. The number of anilines is 1. The molecule has 30 heavy (non-hydrogen) atoms. The summed E-state index contributed by atoms with van der Waals surface area (Å²) >= 11 is 1.16. The Morgan fingerprint density at radius 1 is 1.37 bits per heavy atom. The molecule has 2 fully saturated rings. The highest BCUT2D eigenvalue weighted by molar-refractivity contribution is 7.13. The van der Waals surface area contributed by atoms with Crippen LogP contribution in [-0.2, 0) is 25.5 Å². The Bertz CT molecular complexity index is 867. The fraction of sp³-hybridized carbons (Fsp3) is 0.650. The van der Waals surface area contributed by atoms with Crippen molar-refractivity contribution in [3.8, 4) is 0 Å². The molecule has 1 saturated carbocycles. The Hall–Kier alpha value is -2.49. The van der Waals surface area contributed by atoms with Gasteiger partial charge in [0.25, 0.3) is 5.91 Å². The highest BCUT2D eigenvalue weighted by Crippen LogP contribution is 2.46. The Labute approximate surface area is 179 Å². The first-order valence-electron chi connectivity index (χ1n) is 10.1. The number of ether oxygens (including phenoxy) is 1. The van der Waals surface area contributed by atoms with E-state index in [1.165, 1.54) is 0 Å². The maximum atomic E-state index is 13.1. The number of hydrogen-bond donors (Lipinski definition) is 2. The molecule has 10 heteroatoms. The van der Waals surface area contributed by atoms with Gasteiger partial charge in [0, 0.05) is 5.38 Å². The first-order chi connectivity index (χ1) is 14.0. The van der Waals surface area contributed by atoms with E-state index in [1.54, 1.807) is 12.3 Å². The van der Waals surface area contributed by atoms with E-state index < -0.39 is 23.4 Å². The van der Waals surface area contributed by atoms with Crippen LogP contribution in [-0.4, -0.2) is 52.4 Å². The molecule has 0 aromatic carbocycles. The zero-order chi connectivity index (χ0) is 22.1. The van der Waals surface area contributed by atoms with Crippen molar-refractivity contribution < 1.29 is 23.9 Å². The summed E-state index contributed by atoms with van der Waals surface area (Å²) < 4.78 is 4.88. The van der Waals surface area contributed by atoms with Crippen LogP contribution in [0.3, 0.4) is 0 Å². The van der Waals surface area contributed by atoms with E-state index >= 15 is 0 Å². The third-order valence-electron chi connectivity index (χ3n) is 5.35. The van der Waals surface area contributed by atoms with Gasteiger partial charge in [-0.25, -0.2) is 9.78 Å². The first kappa shape index (κ1) is 22.2. The summed E-state index contributed by atoms with van der Waals surface area (Å²) in [6, 6.07) is -0.540. The molecule has 2 unspecified atom stereocenters. The minimum absolute atomic E-state index is 0.0176. The van der Waals surface area contributed by atoms with Gasteiger partial charge in [0.1, 0.15) is 12.1 Å². The standard InChI is InChI=1S/C20H28N4O5S/c1-5-29-15(26)6-13-10-30-17(21-13)22-14(25)9-24-16(27)20(23-18(24)28)8-12(2)7-19(3,4)11-20/h10,12H,5-9,11H2,1-4H3,(H,23,28)(H,21,22,25). The van der Waals surface area contributed by atoms with Gasteiger partial charge < -0.3 is 15.4 Å². The summed E-state index contributed by atoms with van der Waals surface area (Å²) in [5.74, 6) is -0.963. The summed E-state index contributed by atoms with van der Waals surface area (Å²) in [5, 5.41) is 7.40. The third kappa shape index (κ3) is 4.80. The maximum Gasteiger partial charge on any atom is 0.325 e. The molecule has 2 atom stereocenters. The second kappa shape index (κ2) is 8.33. The topological polar surface area (TPSA) is 118 Å². The van der Waals surface area contributed by atoms with Crippen molar-refractivity contribution in [1.29, 1.82) is 0 Å². The van der Waals surface area contributed by atoms with Crippen LogP contribution >= 0.6 is 11.3 Å². The zero-order valence-corrected chi connectivity index (χ0v) is 18.6. The smallest absolute Gasteiger partial charge is 0.325 e. The number of aromatic nitrogens is 1. The Morgan fingerprint density at radius 2 is 2.10 bits per heavy atom. The number of nitrogens with zero attached hydrogens (tertiary/aromatic N) is 2. The lowest BCUT2D eigenvalue weighted by Gasteiger charge is -2.43. The molecule has 2 N–H and O–H groups in total. The zero-order valence-electron chi connectivity index (χ0n) is 17.7. The lowest BCUT2D eigenvalue weighted by molar-refractivity contribution is -0.142. The van der Waals surface area contributed by atoms with Crippen molar-refractivity contribution in [3.63, 3.8) is 0 Å². The number of esters is 1. The molecular formula is C20H28N4O5S. The van der Waals surface area contributed by atoms with Gasteiger partial charge >= 0.3 is 12.0 Å². The number of hydrogen-bond acceptors (Lipinski definition) is 7. The number of carbonyl (C=O) groups excluding carboxylic acids is 4. The van der Waals surface area contributed by atoms with Crippen molar-refractivity contribution in [1.82, 2.24) is 15.2 Å². The molecule has 2 aliphatic rings. The van der Waals surface area contributed by atoms with Crippen LogP contribution in [0.2, 0.25) is 0 Å². The summed E-state index contributed by atoms with van der Waals surface area (Å²) in [6.07, 6.45) is 2.12. The largest absolute Gasteiger partial charge is 0.466 e. The molecule has 1 spiro atoms. The number of rotatable bonds is 6. The van der Waals surface area contributed by atoms with Gasteiger partial charge in [-0.05, 0) is 37.5 Å². The van der Waals surface area contributed by atoms with Crippen LogP contribution in [0.25, 0.3) is 0 Å². The average molecular weight is 437 g/mol. The molecule has 1 aromatic rings. The van der Waals surface area contributed by atoms with Gasteiger partial charge in [-0.1, -0.05) is 20.8 Å². The third-order valence-corrected chi connectivity index (χ3v) is 6.16. The monoisotopic (exact) mass is 436 g/mol. The van der Waals surface area contributed by atoms with E-state index in [-0.39, 0.29) is 30.9 Å². The molecule has 4 amide bonds. The van der Waals surface area contributed by atoms with Crippen LogP contribution in [0.1, 0.15) is 52.7 Å². The summed E-state index contributed by atoms with van der Waals surface area (Å²) in [6.45, 7) is 7.89. The predicted octanol–water partition coefficient (Wildman–Crippen LogP) is 2.32. The van der Waals surface area contributed by atoms with Crippen LogP contribution in [0, 0.1) is 11.3 Å². The minimum Gasteiger partial charge on any atom is -0.466 e. The Kier molecular flexibility index (Phi) is 6.16. The van der Waals surface area contributed by atoms with Crippen molar-refractivity contribution in [2.75, 3.05) is 18.5 Å². The second-order valence-electron chi connectivity index (χ2n) is 8.93. The van der Waals surface area contributed by atoms with Crippen molar-refractivity contribution >= 4 is 40.3 Å². The van der Waals surface area contributed by atoms with Crippen molar-refractivity contribution in [3.05, 3.63) is 11.1 Å². The summed E-state index contributed by atoms with van der Waals surface area (Å²) in [5.41, 5.74) is -0.525. The lowest BCUT2D eigenvalue weighted by Crippen LogP contribution is -2.54. The van der Waals surface area contributed by atoms with Crippen molar-refractivity contribution in [2.24, 2.45) is 11.3 Å². The quantitative estimate of drug-likeness (QED) is 0.522. The molecule has 9 nitrogen and oxygen atoms in total. The van der Waals surface area contributed by atoms with Gasteiger partial charge in [-0.3, -0.25) is 19.3 Å². The summed E-state index contributed by atoms with van der Waals surface area (Å²) in [7, 11) is 0. The van der Waals surface area contributed by atoms with Gasteiger partial charge in [-0.15, -0.1) is 11.3 Å². The van der Waals surface area contributed by atoms with Crippen LogP contribution in [0.15, 0.2) is 5.38 Å². The van der Waals surface area contributed by atoms with E-state index in [1.807, 2.05) is 0 Å². The van der Waals surface area contributed by atoms with E-state index in [0.29, 0.717) is 29.6 Å². The average Bonchev–Trinajstić information content (AvgIpc) is 3.11. The summed E-state index contributed by atoms with van der Waals surface area (Å²) in [4.78, 5) is 54.7. The SMILES string of the molecule is CCOC(=O)Cc1csc(NC(=O)CN2C(=O)NC3(CC(C)CC(C)(C)C3)C2=O)n1. The van der Waals surface area contributed by atoms with Gasteiger partial charge in [0.15, 0.2) is 5.13 Å². The first-order valence-corrected chi connectivity index (χ1v) is 11.0. The Morgan fingerprint density at radius 3 is 2.77 bits per heavy atom. The van der Waals surface area contributed by atoms with Crippen LogP contribution in [0.4, 0.5) is 9.93 Å². The lowest BCUT2D eigenvalue weighted by atomic mass is 9.64. The molecule has 1 aliphatic carbocycles. The predicted molar refractivity (Wildman–Crippen MR) is 111 cm³/mol. The fourth-order valence-electron chi connectivity index (χ4n) is 4.76. The molecule has 0 bridgehead atoms. The van der Waals surface area contributed by atoms with E-state index in [4.69, 9.17) is 4.74 Å². The number of thiazole rings is 1. The number of amides is 4. The van der Waals surface area contributed by atoms with Crippen LogP contribution in [0.5, 0.6) is 0 Å². The Balaban J connectivity index is 1.62. The maximum absolute atomic E-state index is 13.1. The normalized spacial score (nSPS) is 25.3. The molecule has 1 aliphatic heterocycles.